The Hall–Kier alpha value is -1.41. The van der Waals surface area contributed by atoms with Crippen LogP contribution in [0.25, 0.3) is 0 Å². The number of carbonyl (C=O) groups is 1. The number of rotatable bonds is 5. The van der Waals surface area contributed by atoms with Crippen LogP contribution < -0.4 is 5.32 Å². The molecule has 2 aliphatic rings. The van der Waals surface area contributed by atoms with E-state index in [9.17, 15) is 13.2 Å². The molecule has 140 valence electrons. The number of aromatic nitrogens is 2. The second-order valence-electron chi connectivity index (χ2n) is 7.42. The third kappa shape index (κ3) is 4.06. The highest BCUT2D eigenvalue weighted by Crippen LogP contribution is 2.25. The molecule has 1 aromatic heterocycles. The monoisotopic (exact) mass is 368 g/mol. The standard InChI is InChI=1S/C17H28N4O3S/c1-13(2)20-11-16(18-12-20)25(23,24)21-9-7-14(8-10-21)17(22)19-15-5-3-4-6-15/h11-15H,3-10H2,1-2H3,(H,19,22). The SMILES string of the molecule is CC(C)n1cnc(S(=O)(=O)N2CCC(C(=O)NC3CCCC3)CC2)c1. The number of nitrogens with zero attached hydrogens (tertiary/aromatic N) is 3. The van der Waals surface area contributed by atoms with E-state index < -0.39 is 10.0 Å². The van der Waals surface area contributed by atoms with Gasteiger partial charge in [0, 0.05) is 37.3 Å². The molecule has 2 heterocycles. The molecular weight excluding hydrogens is 340 g/mol. The van der Waals surface area contributed by atoms with Crippen LogP contribution in [0.3, 0.4) is 0 Å². The highest BCUT2D eigenvalue weighted by Gasteiger charge is 2.34. The van der Waals surface area contributed by atoms with Crippen LogP contribution in [0.15, 0.2) is 17.6 Å². The molecule has 1 aliphatic heterocycles. The molecule has 0 radical (unpaired) electrons. The highest BCUT2D eigenvalue weighted by atomic mass is 32.2. The normalized spacial score (nSPS) is 21.1. The smallest absolute Gasteiger partial charge is 0.262 e. The molecule has 1 N–H and O–H groups in total. The van der Waals surface area contributed by atoms with Gasteiger partial charge in [0.25, 0.3) is 10.0 Å². The van der Waals surface area contributed by atoms with Crippen molar-refractivity contribution in [3.05, 3.63) is 12.5 Å². The van der Waals surface area contributed by atoms with Gasteiger partial charge in [-0.2, -0.15) is 4.31 Å². The molecule has 1 saturated heterocycles. The van der Waals surface area contributed by atoms with E-state index >= 15 is 0 Å². The molecule has 1 saturated carbocycles. The summed E-state index contributed by atoms with van der Waals surface area (Å²) in [5, 5.41) is 3.22. The molecule has 0 bridgehead atoms. The van der Waals surface area contributed by atoms with Crippen molar-refractivity contribution in [2.45, 2.75) is 69.5 Å². The van der Waals surface area contributed by atoms with E-state index in [2.05, 4.69) is 10.3 Å². The molecular formula is C17H28N4O3S. The average molecular weight is 369 g/mol. The molecule has 2 fully saturated rings. The topological polar surface area (TPSA) is 84.3 Å². The second-order valence-corrected chi connectivity index (χ2v) is 9.31. The zero-order chi connectivity index (χ0) is 18.0. The fourth-order valence-electron chi connectivity index (χ4n) is 3.61. The number of hydrogen-bond acceptors (Lipinski definition) is 4. The number of amides is 1. The summed E-state index contributed by atoms with van der Waals surface area (Å²) in [6, 6.07) is 0.482. The lowest BCUT2D eigenvalue weighted by Gasteiger charge is -2.30. The number of nitrogens with one attached hydrogen (secondary N) is 1. The average Bonchev–Trinajstić information content (AvgIpc) is 3.26. The van der Waals surface area contributed by atoms with Gasteiger partial charge in [0.2, 0.25) is 5.91 Å². The van der Waals surface area contributed by atoms with E-state index in [0.717, 1.165) is 12.8 Å². The first-order valence-electron chi connectivity index (χ1n) is 9.22. The van der Waals surface area contributed by atoms with Gasteiger partial charge in [-0.3, -0.25) is 4.79 Å². The van der Waals surface area contributed by atoms with Crippen LogP contribution in [0.2, 0.25) is 0 Å². The number of sulfonamides is 1. The third-order valence-corrected chi connectivity index (χ3v) is 7.09. The molecule has 1 amide bonds. The van der Waals surface area contributed by atoms with Crippen molar-refractivity contribution < 1.29 is 13.2 Å². The molecule has 0 unspecified atom stereocenters. The van der Waals surface area contributed by atoms with Gasteiger partial charge in [0.15, 0.2) is 5.03 Å². The van der Waals surface area contributed by atoms with Crippen molar-refractivity contribution in [3.63, 3.8) is 0 Å². The number of piperidine rings is 1. The van der Waals surface area contributed by atoms with Crippen LogP contribution in [0, 0.1) is 5.92 Å². The minimum Gasteiger partial charge on any atom is -0.353 e. The van der Waals surface area contributed by atoms with Crippen LogP contribution in [-0.4, -0.2) is 47.3 Å². The molecule has 8 heteroatoms. The Morgan fingerprint density at radius 2 is 1.84 bits per heavy atom. The van der Waals surface area contributed by atoms with Crippen LogP contribution >= 0.6 is 0 Å². The van der Waals surface area contributed by atoms with Crippen LogP contribution in [0.4, 0.5) is 0 Å². The molecule has 0 spiro atoms. The predicted molar refractivity (Wildman–Crippen MR) is 94.5 cm³/mol. The number of hydrogen-bond donors (Lipinski definition) is 1. The molecule has 1 aromatic rings. The van der Waals surface area contributed by atoms with Crippen LogP contribution in [0.5, 0.6) is 0 Å². The van der Waals surface area contributed by atoms with Crippen molar-refractivity contribution in [2.75, 3.05) is 13.1 Å². The minimum absolute atomic E-state index is 0.0831. The Labute approximate surface area is 149 Å². The molecule has 0 aromatic carbocycles. The van der Waals surface area contributed by atoms with E-state index in [4.69, 9.17) is 0 Å². The summed E-state index contributed by atoms with van der Waals surface area (Å²) in [7, 11) is -3.58. The van der Waals surface area contributed by atoms with Gasteiger partial charge in [-0.25, -0.2) is 13.4 Å². The quantitative estimate of drug-likeness (QED) is 0.861. The molecule has 25 heavy (non-hydrogen) atoms. The summed E-state index contributed by atoms with van der Waals surface area (Å²) in [5.74, 6) is 0.00769. The van der Waals surface area contributed by atoms with Crippen LogP contribution in [0.1, 0.15) is 58.4 Å². The molecule has 0 atom stereocenters. The summed E-state index contributed by atoms with van der Waals surface area (Å²) in [6.45, 7) is 4.71. The summed E-state index contributed by atoms with van der Waals surface area (Å²) in [5.41, 5.74) is 0. The Balaban J connectivity index is 1.57. The van der Waals surface area contributed by atoms with Crippen molar-refractivity contribution >= 4 is 15.9 Å². The third-order valence-electron chi connectivity index (χ3n) is 5.30. The van der Waals surface area contributed by atoms with E-state index in [-0.39, 0.29) is 22.9 Å². The lowest BCUT2D eigenvalue weighted by Crippen LogP contribution is -2.44. The summed E-state index contributed by atoms with van der Waals surface area (Å²) in [6.07, 6.45) is 8.79. The zero-order valence-electron chi connectivity index (χ0n) is 15.0. The van der Waals surface area contributed by atoms with Gasteiger partial charge >= 0.3 is 0 Å². The molecule has 3 rings (SSSR count). The zero-order valence-corrected chi connectivity index (χ0v) is 15.8. The van der Waals surface area contributed by atoms with Crippen molar-refractivity contribution in [3.8, 4) is 0 Å². The van der Waals surface area contributed by atoms with Crippen molar-refractivity contribution in [1.29, 1.82) is 0 Å². The van der Waals surface area contributed by atoms with Crippen LogP contribution in [-0.2, 0) is 14.8 Å². The van der Waals surface area contributed by atoms with Crippen molar-refractivity contribution in [1.82, 2.24) is 19.2 Å². The molecule has 7 nitrogen and oxygen atoms in total. The second kappa shape index (κ2) is 7.45. The predicted octanol–water partition coefficient (Wildman–Crippen LogP) is 1.92. The Bertz CT molecular complexity index is 699. The summed E-state index contributed by atoms with van der Waals surface area (Å²) < 4.78 is 28.7. The molecule has 1 aliphatic carbocycles. The van der Waals surface area contributed by atoms with Gasteiger partial charge in [-0.15, -0.1) is 0 Å². The maximum Gasteiger partial charge on any atom is 0.262 e. The Kier molecular flexibility index (Phi) is 5.48. The van der Waals surface area contributed by atoms with Gasteiger partial charge in [-0.05, 0) is 39.5 Å². The first kappa shape index (κ1) is 18.4. The fourth-order valence-corrected chi connectivity index (χ4v) is 5.00. The Morgan fingerprint density at radius 1 is 1.20 bits per heavy atom. The first-order valence-corrected chi connectivity index (χ1v) is 10.7. The maximum absolute atomic E-state index is 12.7. The van der Waals surface area contributed by atoms with E-state index in [1.165, 1.54) is 17.1 Å². The van der Waals surface area contributed by atoms with E-state index in [1.54, 1.807) is 17.1 Å². The lowest BCUT2D eigenvalue weighted by atomic mass is 9.97. The van der Waals surface area contributed by atoms with Gasteiger partial charge in [0.1, 0.15) is 0 Å². The largest absolute Gasteiger partial charge is 0.353 e. The van der Waals surface area contributed by atoms with Gasteiger partial charge in [0.05, 0.1) is 6.33 Å². The Morgan fingerprint density at radius 3 is 2.40 bits per heavy atom. The lowest BCUT2D eigenvalue weighted by molar-refractivity contribution is -0.126. The fraction of sp³-hybridized carbons (Fsp3) is 0.765. The summed E-state index contributed by atoms with van der Waals surface area (Å²) in [4.78, 5) is 16.4. The first-order chi connectivity index (χ1) is 11.9. The minimum atomic E-state index is -3.58. The highest BCUT2D eigenvalue weighted by molar-refractivity contribution is 7.89. The maximum atomic E-state index is 12.7. The van der Waals surface area contributed by atoms with Crippen molar-refractivity contribution in [2.24, 2.45) is 5.92 Å². The summed E-state index contributed by atoms with van der Waals surface area (Å²) >= 11 is 0. The van der Waals surface area contributed by atoms with E-state index in [0.29, 0.717) is 32.0 Å². The van der Waals surface area contributed by atoms with Gasteiger partial charge < -0.3 is 9.88 Å². The number of carbonyl (C=O) groups excluding carboxylic acids is 1. The van der Waals surface area contributed by atoms with Gasteiger partial charge in [-0.1, -0.05) is 12.8 Å². The van der Waals surface area contributed by atoms with E-state index in [1.807, 2.05) is 13.8 Å². The number of imidazole rings is 1.